The molecule has 2 fully saturated rings. The third-order valence-corrected chi connectivity index (χ3v) is 8.45. The van der Waals surface area contributed by atoms with Crippen LogP contribution in [-0.4, -0.2) is 44.3 Å². The fraction of sp³-hybridized carbons (Fsp3) is 0.462. The molecule has 2 N–H and O–H groups in total. The summed E-state index contributed by atoms with van der Waals surface area (Å²) in [6.07, 6.45) is 7.55. The Morgan fingerprint density at radius 2 is 1.62 bits per heavy atom. The van der Waals surface area contributed by atoms with E-state index in [1.807, 2.05) is 6.07 Å². The molecular formula is C26H31N3O4S. The topological polar surface area (TPSA) is 95.6 Å². The van der Waals surface area contributed by atoms with Gasteiger partial charge in [0.2, 0.25) is 5.91 Å². The van der Waals surface area contributed by atoms with Crippen LogP contribution >= 0.6 is 0 Å². The van der Waals surface area contributed by atoms with Gasteiger partial charge in [-0.3, -0.25) is 14.3 Å². The van der Waals surface area contributed by atoms with Crippen molar-refractivity contribution in [3.8, 4) is 0 Å². The summed E-state index contributed by atoms with van der Waals surface area (Å²) in [5.74, 6) is -0.0801. The highest BCUT2D eigenvalue weighted by Gasteiger charge is 2.31. The Morgan fingerprint density at radius 3 is 2.35 bits per heavy atom. The molecule has 1 heterocycles. The molecule has 8 heteroatoms. The summed E-state index contributed by atoms with van der Waals surface area (Å²) in [5, 5.41) is 3.05. The normalized spacial score (nSPS) is 18.8. The van der Waals surface area contributed by atoms with Gasteiger partial charge < -0.3 is 10.2 Å². The number of likely N-dealkylation sites (tertiary alicyclic amines) is 1. The van der Waals surface area contributed by atoms with Crippen LogP contribution in [-0.2, 0) is 27.7 Å². The van der Waals surface area contributed by atoms with Gasteiger partial charge >= 0.3 is 0 Å². The number of carbonyl (C=O) groups excluding carboxylic acids is 2. The minimum atomic E-state index is -3.76. The SMILES string of the molecule is O=C(NC1CC1)C1CCN(C(=O)c2cccc(NS(=O)(=O)c3ccc4c(c3)CCCC4)c2)CC1. The second kappa shape index (κ2) is 9.41. The van der Waals surface area contributed by atoms with Gasteiger partial charge in [0, 0.05) is 36.3 Å². The zero-order valence-electron chi connectivity index (χ0n) is 19.3. The van der Waals surface area contributed by atoms with Gasteiger partial charge in [-0.1, -0.05) is 12.1 Å². The number of nitrogens with one attached hydrogen (secondary N) is 2. The van der Waals surface area contributed by atoms with Crippen LogP contribution in [0.5, 0.6) is 0 Å². The van der Waals surface area contributed by atoms with Crippen molar-refractivity contribution in [2.24, 2.45) is 5.92 Å². The van der Waals surface area contributed by atoms with Gasteiger partial charge in [-0.05, 0) is 92.8 Å². The molecule has 1 saturated carbocycles. The first-order chi connectivity index (χ1) is 16.4. The van der Waals surface area contributed by atoms with Gasteiger partial charge in [-0.25, -0.2) is 8.42 Å². The van der Waals surface area contributed by atoms with Gasteiger partial charge in [0.1, 0.15) is 0 Å². The highest BCUT2D eigenvalue weighted by atomic mass is 32.2. The molecule has 0 unspecified atom stereocenters. The summed E-state index contributed by atoms with van der Waals surface area (Å²) in [4.78, 5) is 27.3. The second-order valence-electron chi connectivity index (χ2n) is 9.67. The fourth-order valence-electron chi connectivity index (χ4n) is 4.88. The highest BCUT2D eigenvalue weighted by Crippen LogP contribution is 2.27. The summed E-state index contributed by atoms with van der Waals surface area (Å²) in [6, 6.07) is 12.3. The van der Waals surface area contributed by atoms with E-state index in [2.05, 4.69) is 10.0 Å². The molecule has 7 nitrogen and oxygen atoms in total. The molecule has 3 aliphatic rings. The molecule has 180 valence electrons. The van der Waals surface area contributed by atoms with Gasteiger partial charge in [0.15, 0.2) is 0 Å². The minimum absolute atomic E-state index is 0.0422. The Kier molecular flexibility index (Phi) is 6.34. The highest BCUT2D eigenvalue weighted by molar-refractivity contribution is 7.92. The maximum Gasteiger partial charge on any atom is 0.261 e. The summed E-state index contributed by atoms with van der Waals surface area (Å²) in [7, 11) is -3.76. The van der Waals surface area contributed by atoms with Crippen LogP contribution in [0.15, 0.2) is 47.4 Å². The van der Waals surface area contributed by atoms with Crippen molar-refractivity contribution in [3.63, 3.8) is 0 Å². The lowest BCUT2D eigenvalue weighted by atomic mass is 9.92. The smallest absolute Gasteiger partial charge is 0.261 e. The Balaban J connectivity index is 1.23. The maximum absolute atomic E-state index is 13.1. The van der Waals surface area contributed by atoms with Crippen LogP contribution in [0.2, 0.25) is 0 Å². The van der Waals surface area contributed by atoms with E-state index < -0.39 is 10.0 Å². The molecule has 0 spiro atoms. The van der Waals surface area contributed by atoms with Crippen molar-refractivity contribution in [3.05, 3.63) is 59.2 Å². The standard InChI is InChI=1S/C26H31N3O4S/c30-25(27-22-9-10-22)19-12-14-29(15-13-19)26(31)21-6-3-7-23(16-21)28-34(32,33)24-11-8-18-4-1-2-5-20(18)17-24/h3,6-8,11,16-17,19,22,28H,1-2,4-5,9-10,12-15H2,(H,27,30). The van der Waals surface area contributed by atoms with E-state index in [0.29, 0.717) is 43.2 Å². The van der Waals surface area contributed by atoms with E-state index in [4.69, 9.17) is 0 Å². The molecule has 5 rings (SSSR count). The van der Waals surface area contributed by atoms with Crippen LogP contribution in [0.3, 0.4) is 0 Å². The van der Waals surface area contributed by atoms with Crippen molar-refractivity contribution < 1.29 is 18.0 Å². The fourth-order valence-corrected chi connectivity index (χ4v) is 5.98. The summed E-state index contributed by atoms with van der Waals surface area (Å²) in [6.45, 7) is 1.04. The Hall–Kier alpha value is -2.87. The summed E-state index contributed by atoms with van der Waals surface area (Å²) < 4.78 is 28.6. The third-order valence-electron chi connectivity index (χ3n) is 7.07. The minimum Gasteiger partial charge on any atom is -0.353 e. The largest absolute Gasteiger partial charge is 0.353 e. The van der Waals surface area contributed by atoms with Crippen molar-refractivity contribution in [1.29, 1.82) is 0 Å². The Labute approximate surface area is 201 Å². The number of sulfonamides is 1. The molecule has 34 heavy (non-hydrogen) atoms. The first-order valence-corrected chi connectivity index (χ1v) is 13.7. The molecule has 2 aromatic rings. The lowest BCUT2D eigenvalue weighted by Crippen LogP contribution is -2.43. The first kappa shape index (κ1) is 22.9. The molecule has 2 aliphatic carbocycles. The molecular weight excluding hydrogens is 450 g/mol. The maximum atomic E-state index is 13.1. The van der Waals surface area contributed by atoms with E-state index in [9.17, 15) is 18.0 Å². The van der Waals surface area contributed by atoms with Crippen molar-refractivity contribution in [1.82, 2.24) is 10.2 Å². The molecule has 0 aromatic heterocycles. The first-order valence-electron chi connectivity index (χ1n) is 12.2. The van der Waals surface area contributed by atoms with E-state index >= 15 is 0 Å². The quantitative estimate of drug-likeness (QED) is 0.660. The average molecular weight is 482 g/mol. The van der Waals surface area contributed by atoms with Crippen LogP contribution in [0, 0.1) is 5.92 Å². The Bertz CT molecular complexity index is 1200. The number of fused-ring (bicyclic) bond motifs is 1. The molecule has 2 aromatic carbocycles. The number of rotatable bonds is 6. The number of piperidine rings is 1. The number of anilines is 1. The number of nitrogens with zero attached hydrogens (tertiary/aromatic N) is 1. The lowest BCUT2D eigenvalue weighted by molar-refractivity contribution is -0.126. The van der Waals surface area contributed by atoms with Crippen LogP contribution in [0.25, 0.3) is 0 Å². The van der Waals surface area contributed by atoms with Crippen molar-refractivity contribution in [2.75, 3.05) is 17.8 Å². The predicted molar refractivity (Wildman–Crippen MR) is 130 cm³/mol. The van der Waals surface area contributed by atoms with Gasteiger partial charge in [0.25, 0.3) is 15.9 Å². The predicted octanol–water partition coefficient (Wildman–Crippen LogP) is 3.50. The van der Waals surface area contributed by atoms with E-state index in [-0.39, 0.29) is 22.6 Å². The molecule has 0 atom stereocenters. The van der Waals surface area contributed by atoms with Crippen molar-refractivity contribution >= 4 is 27.5 Å². The monoisotopic (exact) mass is 481 g/mol. The molecule has 0 bridgehead atoms. The van der Waals surface area contributed by atoms with Gasteiger partial charge in [-0.15, -0.1) is 0 Å². The number of hydrogen-bond acceptors (Lipinski definition) is 4. The second-order valence-corrected chi connectivity index (χ2v) is 11.4. The van der Waals surface area contributed by atoms with E-state index in [0.717, 1.165) is 44.1 Å². The molecule has 1 aliphatic heterocycles. The molecule has 2 amide bonds. The summed E-state index contributed by atoms with van der Waals surface area (Å²) in [5.41, 5.74) is 3.13. The van der Waals surface area contributed by atoms with Gasteiger partial charge in [0.05, 0.1) is 4.90 Å². The third kappa shape index (κ3) is 5.12. The Morgan fingerprint density at radius 1 is 0.882 bits per heavy atom. The van der Waals surface area contributed by atoms with E-state index in [1.165, 1.54) is 5.56 Å². The van der Waals surface area contributed by atoms with E-state index in [1.54, 1.807) is 41.3 Å². The number of amides is 2. The number of hydrogen-bond donors (Lipinski definition) is 2. The van der Waals surface area contributed by atoms with Crippen LogP contribution in [0.1, 0.15) is 60.0 Å². The number of carbonyl (C=O) groups is 2. The molecule has 0 radical (unpaired) electrons. The average Bonchev–Trinajstić information content (AvgIpc) is 3.67. The zero-order valence-corrected chi connectivity index (χ0v) is 20.1. The molecule has 1 saturated heterocycles. The summed E-state index contributed by atoms with van der Waals surface area (Å²) >= 11 is 0. The number of aryl methyl sites for hydroxylation is 2. The van der Waals surface area contributed by atoms with Crippen LogP contribution < -0.4 is 10.0 Å². The van der Waals surface area contributed by atoms with Gasteiger partial charge in [-0.2, -0.15) is 0 Å². The van der Waals surface area contributed by atoms with Crippen molar-refractivity contribution in [2.45, 2.75) is 62.3 Å². The van der Waals surface area contributed by atoms with Crippen LogP contribution in [0.4, 0.5) is 5.69 Å². The lowest BCUT2D eigenvalue weighted by Gasteiger charge is -2.31. The number of benzene rings is 2. The zero-order chi connectivity index (χ0) is 23.7.